The van der Waals surface area contributed by atoms with Crippen molar-refractivity contribution in [3.05, 3.63) is 47.2 Å². The second-order valence-corrected chi connectivity index (χ2v) is 5.55. The first-order valence-corrected chi connectivity index (χ1v) is 7.68. The van der Waals surface area contributed by atoms with Crippen LogP contribution in [0.1, 0.15) is 30.2 Å². The Morgan fingerprint density at radius 2 is 2.10 bits per heavy atom. The standard InChI is InChI=1S/C17H22N4/c1-3-18-12-15-7-9-17(20-19-15)21-10-4-5-14-11-13(2)6-8-16(14)21/h6-9,11,18H,3-5,10,12H2,1-2H3. The lowest BCUT2D eigenvalue weighted by Crippen LogP contribution is -2.26. The summed E-state index contributed by atoms with van der Waals surface area (Å²) in [4.78, 5) is 2.28. The zero-order valence-corrected chi connectivity index (χ0v) is 12.8. The average Bonchev–Trinajstić information content (AvgIpc) is 2.52. The maximum absolute atomic E-state index is 4.41. The summed E-state index contributed by atoms with van der Waals surface area (Å²) < 4.78 is 0. The number of nitrogens with zero attached hydrogens (tertiary/aromatic N) is 3. The van der Waals surface area contributed by atoms with Crippen LogP contribution in [-0.4, -0.2) is 23.3 Å². The van der Waals surface area contributed by atoms with E-state index in [1.807, 2.05) is 0 Å². The quantitative estimate of drug-likeness (QED) is 0.936. The van der Waals surface area contributed by atoms with Crippen LogP contribution in [0.4, 0.5) is 11.5 Å². The van der Waals surface area contributed by atoms with Crippen molar-refractivity contribution in [1.82, 2.24) is 15.5 Å². The summed E-state index contributed by atoms with van der Waals surface area (Å²) in [7, 11) is 0. The Morgan fingerprint density at radius 1 is 1.19 bits per heavy atom. The normalized spacial score (nSPS) is 14.1. The number of hydrogen-bond donors (Lipinski definition) is 1. The highest BCUT2D eigenvalue weighted by Gasteiger charge is 2.19. The molecule has 4 nitrogen and oxygen atoms in total. The van der Waals surface area contributed by atoms with Gasteiger partial charge in [0, 0.05) is 18.8 Å². The predicted molar refractivity (Wildman–Crippen MR) is 85.9 cm³/mol. The van der Waals surface area contributed by atoms with E-state index >= 15 is 0 Å². The largest absolute Gasteiger partial charge is 0.325 e. The molecule has 1 N–H and O–H groups in total. The van der Waals surface area contributed by atoms with Crippen molar-refractivity contribution in [1.29, 1.82) is 0 Å². The fourth-order valence-electron chi connectivity index (χ4n) is 2.81. The van der Waals surface area contributed by atoms with Crippen LogP contribution in [0.2, 0.25) is 0 Å². The molecule has 0 spiro atoms. The minimum absolute atomic E-state index is 0.777. The second kappa shape index (κ2) is 6.22. The summed E-state index contributed by atoms with van der Waals surface area (Å²) in [6, 6.07) is 10.8. The van der Waals surface area contributed by atoms with Crippen LogP contribution in [-0.2, 0) is 13.0 Å². The zero-order chi connectivity index (χ0) is 14.7. The van der Waals surface area contributed by atoms with Gasteiger partial charge >= 0.3 is 0 Å². The fourth-order valence-corrected chi connectivity index (χ4v) is 2.81. The molecule has 0 atom stereocenters. The van der Waals surface area contributed by atoms with Gasteiger partial charge in [0.1, 0.15) is 0 Å². The Hall–Kier alpha value is -1.94. The lowest BCUT2D eigenvalue weighted by molar-refractivity contribution is 0.694. The molecule has 0 saturated carbocycles. The van der Waals surface area contributed by atoms with Crippen molar-refractivity contribution in [3.63, 3.8) is 0 Å². The third kappa shape index (κ3) is 3.05. The van der Waals surface area contributed by atoms with Crippen molar-refractivity contribution >= 4 is 11.5 Å². The highest BCUT2D eigenvalue weighted by Crippen LogP contribution is 2.32. The Morgan fingerprint density at radius 3 is 2.86 bits per heavy atom. The van der Waals surface area contributed by atoms with Crippen LogP contribution in [0.3, 0.4) is 0 Å². The summed E-state index contributed by atoms with van der Waals surface area (Å²) in [5.41, 5.74) is 5.00. The van der Waals surface area contributed by atoms with E-state index in [1.165, 1.54) is 16.8 Å². The van der Waals surface area contributed by atoms with Gasteiger partial charge in [-0.2, -0.15) is 5.10 Å². The van der Waals surface area contributed by atoms with E-state index in [9.17, 15) is 0 Å². The summed E-state index contributed by atoms with van der Waals surface area (Å²) in [6.07, 6.45) is 2.32. The van der Waals surface area contributed by atoms with Gasteiger partial charge in [0.2, 0.25) is 0 Å². The number of benzene rings is 1. The monoisotopic (exact) mass is 282 g/mol. The Kier molecular flexibility index (Phi) is 4.15. The smallest absolute Gasteiger partial charge is 0.155 e. The van der Waals surface area contributed by atoms with Crippen molar-refractivity contribution < 1.29 is 0 Å². The number of fused-ring (bicyclic) bond motifs is 1. The number of aryl methyl sites for hydroxylation is 2. The van der Waals surface area contributed by atoms with Crippen LogP contribution in [0.25, 0.3) is 0 Å². The SMILES string of the molecule is CCNCc1ccc(N2CCCc3cc(C)ccc32)nn1. The number of aromatic nitrogens is 2. The minimum atomic E-state index is 0.777. The molecule has 21 heavy (non-hydrogen) atoms. The van der Waals surface area contributed by atoms with E-state index in [2.05, 4.69) is 64.6 Å². The first-order valence-electron chi connectivity index (χ1n) is 7.68. The number of nitrogens with one attached hydrogen (secondary N) is 1. The second-order valence-electron chi connectivity index (χ2n) is 5.55. The molecule has 1 aromatic heterocycles. The minimum Gasteiger partial charge on any atom is -0.325 e. The molecule has 110 valence electrons. The molecule has 0 aliphatic carbocycles. The molecular weight excluding hydrogens is 260 g/mol. The van der Waals surface area contributed by atoms with Gasteiger partial charge in [-0.25, -0.2) is 0 Å². The third-order valence-electron chi connectivity index (χ3n) is 3.89. The van der Waals surface area contributed by atoms with Crippen molar-refractivity contribution in [2.75, 3.05) is 18.0 Å². The summed E-state index contributed by atoms with van der Waals surface area (Å²) >= 11 is 0. The molecular formula is C17H22N4. The molecule has 1 aliphatic heterocycles. The van der Waals surface area contributed by atoms with Gasteiger partial charge < -0.3 is 10.2 Å². The van der Waals surface area contributed by atoms with Gasteiger partial charge in [-0.15, -0.1) is 5.10 Å². The molecule has 0 saturated heterocycles. The highest BCUT2D eigenvalue weighted by atomic mass is 15.3. The number of hydrogen-bond acceptors (Lipinski definition) is 4. The molecule has 2 aromatic rings. The molecule has 0 amide bonds. The molecule has 2 heterocycles. The molecule has 0 unspecified atom stereocenters. The molecule has 0 bridgehead atoms. The Balaban J connectivity index is 1.85. The van der Waals surface area contributed by atoms with Gasteiger partial charge in [-0.1, -0.05) is 24.6 Å². The Bertz CT molecular complexity index is 607. The van der Waals surface area contributed by atoms with E-state index in [4.69, 9.17) is 0 Å². The van der Waals surface area contributed by atoms with Crippen LogP contribution in [0.5, 0.6) is 0 Å². The lowest BCUT2D eigenvalue weighted by Gasteiger charge is -2.30. The predicted octanol–water partition coefficient (Wildman–Crippen LogP) is 2.98. The van der Waals surface area contributed by atoms with E-state index in [-0.39, 0.29) is 0 Å². The van der Waals surface area contributed by atoms with Crippen molar-refractivity contribution in [3.8, 4) is 0 Å². The third-order valence-corrected chi connectivity index (χ3v) is 3.89. The van der Waals surface area contributed by atoms with Crippen LogP contribution in [0.15, 0.2) is 30.3 Å². The van der Waals surface area contributed by atoms with E-state index in [0.29, 0.717) is 0 Å². The molecule has 1 aliphatic rings. The lowest BCUT2D eigenvalue weighted by atomic mass is 9.99. The Labute approximate surface area is 126 Å². The fraction of sp³-hybridized carbons (Fsp3) is 0.412. The first-order chi connectivity index (χ1) is 10.3. The first kappa shape index (κ1) is 14.0. The van der Waals surface area contributed by atoms with E-state index in [0.717, 1.165) is 44.0 Å². The maximum atomic E-state index is 4.41. The van der Waals surface area contributed by atoms with Crippen molar-refractivity contribution in [2.24, 2.45) is 0 Å². The summed E-state index contributed by atoms with van der Waals surface area (Å²) in [5, 5.41) is 12.0. The van der Waals surface area contributed by atoms with Gasteiger partial charge in [0.15, 0.2) is 5.82 Å². The molecule has 4 heteroatoms. The molecule has 3 rings (SSSR count). The van der Waals surface area contributed by atoms with Gasteiger partial charge in [0.05, 0.1) is 5.69 Å². The summed E-state index contributed by atoms with van der Waals surface area (Å²) in [5.74, 6) is 0.944. The number of rotatable bonds is 4. The molecule has 0 radical (unpaired) electrons. The zero-order valence-electron chi connectivity index (χ0n) is 12.8. The van der Waals surface area contributed by atoms with Crippen LogP contribution >= 0.6 is 0 Å². The maximum Gasteiger partial charge on any atom is 0.155 e. The van der Waals surface area contributed by atoms with Gasteiger partial charge in [-0.3, -0.25) is 0 Å². The van der Waals surface area contributed by atoms with E-state index in [1.54, 1.807) is 0 Å². The van der Waals surface area contributed by atoms with Crippen LogP contribution in [0, 0.1) is 6.92 Å². The van der Waals surface area contributed by atoms with Crippen molar-refractivity contribution in [2.45, 2.75) is 33.2 Å². The topological polar surface area (TPSA) is 41.0 Å². The number of anilines is 2. The van der Waals surface area contributed by atoms with Gasteiger partial charge in [0.25, 0.3) is 0 Å². The highest BCUT2D eigenvalue weighted by molar-refractivity contribution is 5.65. The van der Waals surface area contributed by atoms with Crippen LogP contribution < -0.4 is 10.2 Å². The summed E-state index contributed by atoms with van der Waals surface area (Å²) in [6.45, 7) is 6.97. The average molecular weight is 282 g/mol. The van der Waals surface area contributed by atoms with E-state index < -0.39 is 0 Å². The molecule has 0 fully saturated rings. The van der Waals surface area contributed by atoms with Gasteiger partial charge in [-0.05, 0) is 50.1 Å². The molecule has 1 aromatic carbocycles.